The summed E-state index contributed by atoms with van der Waals surface area (Å²) in [6.07, 6.45) is 0.505. The number of benzene rings is 1. The molecule has 3 heterocycles. The molecule has 1 saturated heterocycles. The topological polar surface area (TPSA) is 94.3 Å². The number of fused-ring (bicyclic) bond motifs is 1. The number of nitrogens with one attached hydrogen (secondary N) is 1. The van der Waals surface area contributed by atoms with Gasteiger partial charge in [-0.15, -0.1) is 11.3 Å². The molecule has 0 aliphatic carbocycles. The van der Waals surface area contributed by atoms with E-state index < -0.39 is 9.84 Å². The number of amidine groups is 1. The van der Waals surface area contributed by atoms with Crippen LogP contribution in [0, 0.1) is 5.41 Å². The van der Waals surface area contributed by atoms with E-state index in [1.54, 1.807) is 4.90 Å². The molecule has 0 saturated carbocycles. The van der Waals surface area contributed by atoms with Gasteiger partial charge < -0.3 is 10.0 Å². The molecule has 2 aliphatic rings. The van der Waals surface area contributed by atoms with Gasteiger partial charge in [-0.05, 0) is 18.6 Å². The van der Waals surface area contributed by atoms with E-state index in [4.69, 9.17) is 5.41 Å². The third kappa shape index (κ3) is 2.42. The molecule has 0 radical (unpaired) electrons. The van der Waals surface area contributed by atoms with Crippen molar-refractivity contribution in [2.24, 2.45) is 0 Å². The van der Waals surface area contributed by atoms with Crippen molar-refractivity contribution in [3.63, 3.8) is 0 Å². The predicted octanol–water partition coefficient (Wildman–Crippen LogP) is 2.05. The first-order valence-corrected chi connectivity index (χ1v) is 9.92. The van der Waals surface area contributed by atoms with Crippen molar-refractivity contribution < 1.29 is 13.5 Å². The van der Waals surface area contributed by atoms with Gasteiger partial charge in [0.2, 0.25) is 0 Å². The van der Waals surface area contributed by atoms with E-state index in [1.807, 2.05) is 24.3 Å². The van der Waals surface area contributed by atoms with Gasteiger partial charge in [0.25, 0.3) is 0 Å². The van der Waals surface area contributed by atoms with E-state index in [1.165, 1.54) is 11.3 Å². The molecule has 1 fully saturated rings. The molecule has 2 N–H and O–H groups in total. The Kier molecular flexibility index (Phi) is 3.21. The molecule has 2 aliphatic heterocycles. The summed E-state index contributed by atoms with van der Waals surface area (Å²) in [5.41, 5.74) is 1.26. The van der Waals surface area contributed by atoms with Crippen LogP contribution in [0.1, 0.15) is 11.4 Å². The molecule has 1 unspecified atom stereocenters. The van der Waals surface area contributed by atoms with Crippen molar-refractivity contribution in [1.82, 2.24) is 9.88 Å². The number of nitrogens with zero attached hydrogens (tertiary/aromatic N) is 2. The van der Waals surface area contributed by atoms with E-state index in [0.717, 1.165) is 10.2 Å². The highest BCUT2D eigenvalue weighted by Gasteiger charge is 2.39. The largest absolute Gasteiger partial charge is 0.510 e. The fraction of sp³-hybridized carbons (Fsp3) is 0.333. The lowest BCUT2D eigenvalue weighted by molar-refractivity contribution is 0.309. The molecule has 4 rings (SSSR count). The molecule has 0 spiro atoms. The summed E-state index contributed by atoms with van der Waals surface area (Å²) in [4.78, 5) is 6.18. The van der Waals surface area contributed by atoms with Crippen molar-refractivity contribution in [2.45, 2.75) is 12.5 Å². The van der Waals surface area contributed by atoms with Gasteiger partial charge in [0.1, 0.15) is 16.6 Å². The van der Waals surface area contributed by atoms with Gasteiger partial charge in [-0.3, -0.25) is 5.41 Å². The Morgan fingerprint density at radius 3 is 2.83 bits per heavy atom. The van der Waals surface area contributed by atoms with Gasteiger partial charge in [-0.2, -0.15) is 0 Å². The monoisotopic (exact) mass is 349 g/mol. The lowest BCUT2D eigenvalue weighted by atomic mass is 10.2. The number of thiazole rings is 1. The summed E-state index contributed by atoms with van der Waals surface area (Å²) in [6, 6.07) is 7.44. The molecule has 2 aromatic rings. The van der Waals surface area contributed by atoms with E-state index in [2.05, 4.69) is 4.98 Å². The van der Waals surface area contributed by atoms with Crippen LogP contribution >= 0.6 is 11.3 Å². The van der Waals surface area contributed by atoms with Crippen LogP contribution in [0.3, 0.4) is 0 Å². The van der Waals surface area contributed by atoms with E-state index in [9.17, 15) is 13.5 Å². The lowest BCUT2D eigenvalue weighted by Gasteiger charge is -2.24. The van der Waals surface area contributed by atoms with Crippen molar-refractivity contribution in [2.75, 3.05) is 18.1 Å². The van der Waals surface area contributed by atoms with Gasteiger partial charge in [0.15, 0.2) is 9.84 Å². The minimum absolute atomic E-state index is 0.0514. The zero-order chi connectivity index (χ0) is 16.2. The number of aliphatic hydroxyl groups excluding tert-OH is 1. The molecule has 23 heavy (non-hydrogen) atoms. The first kappa shape index (κ1) is 14.6. The molecule has 120 valence electrons. The minimum atomic E-state index is -3.03. The third-order valence-electron chi connectivity index (χ3n) is 4.29. The molecule has 1 aromatic carbocycles. The smallest absolute Gasteiger partial charge is 0.152 e. The van der Waals surface area contributed by atoms with Crippen molar-refractivity contribution in [3.8, 4) is 0 Å². The first-order chi connectivity index (χ1) is 10.9. The van der Waals surface area contributed by atoms with Gasteiger partial charge in [0, 0.05) is 6.04 Å². The highest BCUT2D eigenvalue weighted by molar-refractivity contribution is 7.91. The Morgan fingerprint density at radius 1 is 1.35 bits per heavy atom. The molecule has 8 heteroatoms. The van der Waals surface area contributed by atoms with E-state index >= 15 is 0 Å². The van der Waals surface area contributed by atoms with Crippen molar-refractivity contribution >= 4 is 42.8 Å². The predicted molar refractivity (Wildman–Crippen MR) is 90.7 cm³/mol. The Labute approximate surface area is 137 Å². The summed E-state index contributed by atoms with van der Waals surface area (Å²) in [6.45, 7) is 0.185. The zero-order valence-electron chi connectivity index (χ0n) is 12.2. The molecule has 1 atom stereocenters. The molecule has 1 aromatic heterocycles. The highest BCUT2D eigenvalue weighted by atomic mass is 32.2. The van der Waals surface area contributed by atoms with Gasteiger partial charge in [-0.25, -0.2) is 13.4 Å². The summed E-state index contributed by atoms with van der Waals surface area (Å²) >= 11 is 1.43. The van der Waals surface area contributed by atoms with Crippen molar-refractivity contribution in [3.05, 3.63) is 35.0 Å². The molecular formula is C15H15N3O3S2. The Morgan fingerprint density at radius 2 is 2.13 bits per heavy atom. The second-order valence-electron chi connectivity index (χ2n) is 5.84. The minimum Gasteiger partial charge on any atom is -0.510 e. The average Bonchev–Trinajstić information content (AvgIpc) is 3.14. The quantitative estimate of drug-likeness (QED) is 0.865. The maximum absolute atomic E-state index is 11.7. The number of hydrogen-bond acceptors (Lipinski definition) is 6. The van der Waals surface area contributed by atoms with Gasteiger partial charge in [0.05, 0.1) is 33.8 Å². The van der Waals surface area contributed by atoms with Crippen LogP contribution in [-0.4, -0.2) is 53.3 Å². The number of para-hydroxylation sites is 1. The van der Waals surface area contributed by atoms with E-state index in [-0.39, 0.29) is 35.7 Å². The zero-order valence-corrected chi connectivity index (χ0v) is 13.8. The molecule has 6 nitrogen and oxygen atoms in total. The van der Waals surface area contributed by atoms with E-state index in [0.29, 0.717) is 17.0 Å². The maximum Gasteiger partial charge on any atom is 0.152 e. The van der Waals surface area contributed by atoms with Crippen LogP contribution in [0.5, 0.6) is 0 Å². The fourth-order valence-electron chi connectivity index (χ4n) is 3.14. The second kappa shape index (κ2) is 5.04. The summed E-state index contributed by atoms with van der Waals surface area (Å²) in [7, 11) is -3.03. The van der Waals surface area contributed by atoms with Crippen LogP contribution in [-0.2, 0) is 9.84 Å². The standard InChI is InChI=1S/C15H15N3O3S2/c16-14-13(15-17-10-3-1-2-4-12(10)22-15)11(19)7-18(14)9-5-6-23(20,21)8-9/h1-4,9,16,19H,5-8H2. The number of aromatic nitrogens is 1. The summed E-state index contributed by atoms with van der Waals surface area (Å²) < 4.78 is 24.3. The normalized spacial score (nSPS) is 24.1. The number of hydrogen-bond donors (Lipinski definition) is 2. The Balaban J connectivity index is 1.67. The summed E-state index contributed by atoms with van der Waals surface area (Å²) in [5.74, 6) is 0.469. The van der Waals surface area contributed by atoms with Crippen LogP contribution in [0.4, 0.5) is 0 Å². The average molecular weight is 349 g/mol. The number of rotatable bonds is 2. The third-order valence-corrected chi connectivity index (χ3v) is 7.09. The van der Waals surface area contributed by atoms with Crippen LogP contribution in [0.15, 0.2) is 30.0 Å². The fourth-order valence-corrected chi connectivity index (χ4v) is 5.90. The Bertz CT molecular complexity index is 913. The first-order valence-electron chi connectivity index (χ1n) is 7.29. The van der Waals surface area contributed by atoms with Crippen LogP contribution in [0.25, 0.3) is 15.8 Å². The molecule has 0 amide bonds. The second-order valence-corrected chi connectivity index (χ2v) is 9.10. The molecule has 0 bridgehead atoms. The highest BCUT2D eigenvalue weighted by Crippen LogP contribution is 2.35. The van der Waals surface area contributed by atoms with Crippen LogP contribution in [0.2, 0.25) is 0 Å². The SMILES string of the molecule is N=C1C(c2nc3ccccc3s2)=C(O)CN1C1CCS(=O)(=O)C1. The summed E-state index contributed by atoms with van der Waals surface area (Å²) in [5, 5.41) is 19.3. The lowest BCUT2D eigenvalue weighted by Crippen LogP contribution is -2.38. The maximum atomic E-state index is 11.7. The number of sulfone groups is 1. The van der Waals surface area contributed by atoms with Gasteiger partial charge >= 0.3 is 0 Å². The number of aliphatic hydroxyl groups is 1. The van der Waals surface area contributed by atoms with Crippen LogP contribution < -0.4 is 0 Å². The van der Waals surface area contributed by atoms with Crippen molar-refractivity contribution in [1.29, 1.82) is 5.41 Å². The molecular weight excluding hydrogens is 334 g/mol. The Hall–Kier alpha value is -1.93. The van der Waals surface area contributed by atoms with Gasteiger partial charge in [-0.1, -0.05) is 12.1 Å².